The Morgan fingerprint density at radius 3 is 1.58 bits per heavy atom. The van der Waals surface area contributed by atoms with E-state index in [0.717, 1.165) is 0 Å². The molecule has 0 aliphatic heterocycles. The third-order valence-corrected chi connectivity index (χ3v) is 2.00. The van der Waals surface area contributed by atoms with Crippen LogP contribution in [0.1, 0.15) is 41.5 Å². The zero-order chi connectivity index (χ0) is 10.1. The van der Waals surface area contributed by atoms with E-state index in [4.69, 9.17) is 5.11 Å². The normalized spacial score (nSPS) is 11.7. The molecule has 0 bridgehead atoms. The van der Waals surface area contributed by atoms with Crippen LogP contribution in [-0.4, -0.2) is 11.7 Å². The maximum absolute atomic E-state index is 8.51. The van der Waals surface area contributed by atoms with Crippen LogP contribution in [0, 0.1) is 11.8 Å². The van der Waals surface area contributed by atoms with Gasteiger partial charge in [0.1, 0.15) is 0 Å². The summed E-state index contributed by atoms with van der Waals surface area (Å²) in [4.78, 5) is 0. The summed E-state index contributed by atoms with van der Waals surface area (Å²) in [6, 6.07) is 0. The third-order valence-electron chi connectivity index (χ3n) is 2.00. The van der Waals surface area contributed by atoms with Crippen LogP contribution in [0.2, 0.25) is 0 Å². The molecule has 0 aromatic heterocycles. The molecule has 1 nitrogen and oxygen atoms in total. The van der Waals surface area contributed by atoms with E-state index in [0.29, 0.717) is 18.4 Å². The highest BCUT2D eigenvalue weighted by molar-refractivity contribution is 4.88. The molecule has 0 aromatic carbocycles. The zero-order valence-electron chi connectivity index (χ0n) is 9.39. The Hall–Kier alpha value is -0.300. The van der Waals surface area contributed by atoms with Crippen LogP contribution < -0.4 is 0 Å². The molecule has 0 radical (unpaired) electrons. The van der Waals surface area contributed by atoms with Gasteiger partial charge < -0.3 is 5.11 Å². The minimum Gasteiger partial charge on any atom is -0.396 e. The van der Waals surface area contributed by atoms with E-state index in [9.17, 15) is 0 Å². The lowest BCUT2D eigenvalue weighted by molar-refractivity contribution is 0.203. The Morgan fingerprint density at radius 2 is 1.58 bits per heavy atom. The first kappa shape index (κ1) is 14.2. The predicted molar refractivity (Wildman–Crippen MR) is 56.2 cm³/mol. The molecule has 0 aromatic rings. The monoisotopic (exact) mass is 172 g/mol. The Labute approximate surface area is 77.5 Å². The molecule has 0 saturated carbocycles. The molecular weight excluding hydrogens is 148 g/mol. The summed E-state index contributed by atoms with van der Waals surface area (Å²) < 4.78 is 0. The third kappa shape index (κ3) is 12.4. The van der Waals surface area contributed by atoms with Gasteiger partial charge in [0.25, 0.3) is 0 Å². The number of aliphatic hydroxyl groups excluding tert-OH is 1. The van der Waals surface area contributed by atoms with Gasteiger partial charge >= 0.3 is 0 Å². The van der Waals surface area contributed by atoms with E-state index in [1.54, 1.807) is 0 Å². The molecule has 74 valence electrons. The Morgan fingerprint density at radius 1 is 1.25 bits per heavy atom. The van der Waals surface area contributed by atoms with Crippen molar-refractivity contribution in [2.75, 3.05) is 6.61 Å². The first-order valence-corrected chi connectivity index (χ1v) is 4.66. The first-order chi connectivity index (χ1) is 5.45. The minimum absolute atomic E-state index is 0.317. The fourth-order valence-electron chi connectivity index (χ4n) is 0.211. The van der Waals surface area contributed by atoms with Gasteiger partial charge in [-0.05, 0) is 32.6 Å². The van der Waals surface area contributed by atoms with Gasteiger partial charge in [-0.2, -0.15) is 0 Å². The lowest BCUT2D eigenvalue weighted by atomic mass is 10.00. The van der Waals surface area contributed by atoms with Gasteiger partial charge in [0, 0.05) is 6.61 Å². The number of hydrogen-bond donors (Lipinski definition) is 1. The second-order valence-corrected chi connectivity index (χ2v) is 3.77. The van der Waals surface area contributed by atoms with Crippen LogP contribution in [-0.2, 0) is 0 Å². The van der Waals surface area contributed by atoms with Gasteiger partial charge in [-0.3, -0.25) is 0 Å². The summed E-state index contributed by atoms with van der Waals surface area (Å²) >= 11 is 0. The maximum atomic E-state index is 8.51. The summed E-state index contributed by atoms with van der Waals surface area (Å²) in [6.45, 7) is 12.8. The van der Waals surface area contributed by atoms with Crippen LogP contribution in [0.5, 0.6) is 0 Å². The van der Waals surface area contributed by atoms with Crippen molar-refractivity contribution in [2.45, 2.75) is 41.5 Å². The average Bonchev–Trinajstić information content (AvgIpc) is 2.04. The second kappa shape index (κ2) is 8.79. The molecule has 0 aliphatic carbocycles. The van der Waals surface area contributed by atoms with Gasteiger partial charge in [0.15, 0.2) is 0 Å². The fraction of sp³-hybridized carbons (Fsp3) is 0.818. The van der Waals surface area contributed by atoms with Crippen LogP contribution in [0.25, 0.3) is 0 Å². The number of rotatable bonds is 2. The van der Waals surface area contributed by atoms with E-state index >= 15 is 0 Å². The summed E-state index contributed by atoms with van der Waals surface area (Å²) in [7, 11) is 0. The first-order valence-electron chi connectivity index (χ1n) is 4.66. The quantitative estimate of drug-likeness (QED) is 0.634. The number of allylic oxidation sites excluding steroid dienone is 2. The van der Waals surface area contributed by atoms with Crippen molar-refractivity contribution in [3.8, 4) is 0 Å². The van der Waals surface area contributed by atoms with Gasteiger partial charge in [-0.15, -0.1) is 0 Å². The summed E-state index contributed by atoms with van der Waals surface area (Å²) in [5, 5.41) is 8.51. The van der Waals surface area contributed by atoms with Crippen LogP contribution in [0.3, 0.4) is 0 Å². The Balaban J connectivity index is 0. The van der Waals surface area contributed by atoms with Crippen molar-refractivity contribution in [1.82, 2.24) is 0 Å². The molecule has 1 unspecified atom stereocenters. The van der Waals surface area contributed by atoms with Crippen LogP contribution >= 0.6 is 0 Å². The van der Waals surface area contributed by atoms with Crippen molar-refractivity contribution in [2.24, 2.45) is 11.8 Å². The molecular formula is C11H24O. The zero-order valence-corrected chi connectivity index (χ0v) is 9.39. The predicted octanol–water partition coefficient (Wildman–Crippen LogP) is 3.24. The summed E-state index contributed by atoms with van der Waals surface area (Å²) in [5.74, 6) is 1.07. The smallest absolute Gasteiger partial charge is 0.0459 e. The van der Waals surface area contributed by atoms with E-state index in [-0.39, 0.29) is 0 Å². The number of hydrogen-bond acceptors (Lipinski definition) is 1. The maximum Gasteiger partial charge on any atom is 0.0459 e. The van der Waals surface area contributed by atoms with Gasteiger partial charge in [-0.25, -0.2) is 0 Å². The highest BCUT2D eigenvalue weighted by Gasteiger charge is 2.02. The topological polar surface area (TPSA) is 20.2 Å². The Bertz CT molecular complexity index is 110. The van der Waals surface area contributed by atoms with Crippen molar-refractivity contribution >= 4 is 0 Å². The fourth-order valence-corrected chi connectivity index (χ4v) is 0.211. The highest BCUT2D eigenvalue weighted by atomic mass is 16.3. The molecule has 0 heterocycles. The molecule has 0 spiro atoms. The summed E-state index contributed by atoms with van der Waals surface area (Å²) in [5.41, 5.74) is 1.38. The summed E-state index contributed by atoms with van der Waals surface area (Å²) in [6.07, 6.45) is 2.08. The van der Waals surface area contributed by atoms with Crippen LogP contribution in [0.4, 0.5) is 0 Å². The average molecular weight is 172 g/mol. The lowest BCUT2D eigenvalue weighted by Gasteiger charge is -2.09. The van der Waals surface area contributed by atoms with E-state index in [1.165, 1.54) is 5.57 Å². The SMILES string of the molecule is CC(C)C(C)CO.CC=C(C)C. The van der Waals surface area contributed by atoms with Crippen molar-refractivity contribution in [3.05, 3.63) is 11.6 Å². The molecule has 0 fully saturated rings. The van der Waals surface area contributed by atoms with E-state index in [1.807, 2.05) is 13.8 Å². The lowest BCUT2D eigenvalue weighted by Crippen LogP contribution is -2.07. The molecule has 12 heavy (non-hydrogen) atoms. The molecule has 0 rings (SSSR count). The molecule has 0 aliphatic rings. The number of aliphatic hydroxyl groups is 1. The molecule has 0 amide bonds. The minimum atomic E-state index is 0.317. The van der Waals surface area contributed by atoms with Gasteiger partial charge in [0.05, 0.1) is 0 Å². The largest absolute Gasteiger partial charge is 0.396 e. The van der Waals surface area contributed by atoms with Crippen molar-refractivity contribution < 1.29 is 5.11 Å². The highest BCUT2D eigenvalue weighted by Crippen LogP contribution is 2.06. The molecule has 1 N–H and O–H groups in total. The molecule has 1 atom stereocenters. The van der Waals surface area contributed by atoms with Crippen molar-refractivity contribution in [1.29, 1.82) is 0 Å². The standard InChI is InChI=1S/C6H14O.C5H10/c1-5(2)6(3)4-7;1-4-5(2)3/h5-7H,4H2,1-3H3;4H,1-3H3. The molecule has 1 heteroatoms. The van der Waals surface area contributed by atoms with Gasteiger partial charge in [-0.1, -0.05) is 32.4 Å². The molecule has 0 saturated heterocycles. The van der Waals surface area contributed by atoms with E-state index < -0.39 is 0 Å². The van der Waals surface area contributed by atoms with Crippen LogP contribution in [0.15, 0.2) is 11.6 Å². The Kier molecular flexibility index (Phi) is 10.4. The van der Waals surface area contributed by atoms with Gasteiger partial charge in [0.2, 0.25) is 0 Å². The van der Waals surface area contributed by atoms with Crippen molar-refractivity contribution in [3.63, 3.8) is 0 Å². The second-order valence-electron chi connectivity index (χ2n) is 3.77. The van der Waals surface area contributed by atoms with E-state index in [2.05, 4.69) is 33.8 Å².